The van der Waals surface area contributed by atoms with Crippen LogP contribution < -0.4 is 5.32 Å². The van der Waals surface area contributed by atoms with Gasteiger partial charge in [-0.25, -0.2) is 4.98 Å². The van der Waals surface area contributed by atoms with Crippen molar-refractivity contribution < 1.29 is 0 Å². The van der Waals surface area contributed by atoms with Gasteiger partial charge in [-0.15, -0.1) is 0 Å². The quantitative estimate of drug-likeness (QED) is 0.755. The summed E-state index contributed by atoms with van der Waals surface area (Å²) in [6.07, 6.45) is 1.60. The number of rotatable bonds is 4. The molecule has 0 aromatic carbocycles. The van der Waals surface area contributed by atoms with Crippen LogP contribution in [0.1, 0.15) is 13.8 Å². The zero-order valence-electron chi connectivity index (χ0n) is 7.44. The summed E-state index contributed by atoms with van der Waals surface area (Å²) in [5.74, 6) is 0. The summed E-state index contributed by atoms with van der Waals surface area (Å²) in [6.45, 7) is 4.35. The van der Waals surface area contributed by atoms with E-state index in [1.807, 2.05) is 7.05 Å². The van der Waals surface area contributed by atoms with Crippen LogP contribution in [0.5, 0.6) is 0 Å². The van der Waals surface area contributed by atoms with Crippen molar-refractivity contribution in [3.05, 3.63) is 6.33 Å². The van der Waals surface area contributed by atoms with E-state index in [1.54, 1.807) is 18.1 Å². The van der Waals surface area contributed by atoms with Crippen molar-refractivity contribution in [1.82, 2.24) is 14.7 Å². The Morgan fingerprint density at radius 3 is 2.83 bits per heavy atom. The van der Waals surface area contributed by atoms with Crippen LogP contribution in [0.2, 0.25) is 0 Å². The molecular weight excluding hydrogens is 190 g/mol. The lowest BCUT2D eigenvalue weighted by Crippen LogP contribution is -2.30. The number of nitrogens with zero attached hydrogens (tertiary/aromatic N) is 2. The van der Waals surface area contributed by atoms with Gasteiger partial charge in [0.25, 0.3) is 0 Å². The van der Waals surface area contributed by atoms with Crippen LogP contribution in [-0.4, -0.2) is 27.7 Å². The van der Waals surface area contributed by atoms with Gasteiger partial charge in [0.1, 0.15) is 6.33 Å². The maximum Gasteiger partial charge on any atom is 0.170 e. The third kappa shape index (κ3) is 2.73. The van der Waals surface area contributed by atoms with E-state index in [1.165, 1.54) is 11.5 Å². The smallest absolute Gasteiger partial charge is 0.170 e. The zero-order valence-corrected chi connectivity index (χ0v) is 9.08. The first-order valence-corrected chi connectivity index (χ1v) is 5.50. The molecule has 1 N–H and O–H groups in total. The van der Waals surface area contributed by atoms with Crippen LogP contribution in [0.4, 0.5) is 0 Å². The highest BCUT2D eigenvalue weighted by atomic mass is 32.2. The fraction of sp³-hybridized carbons (Fsp3) is 0.714. The van der Waals surface area contributed by atoms with Crippen molar-refractivity contribution in [2.24, 2.45) is 0 Å². The molecule has 1 aromatic rings. The first-order chi connectivity index (χ1) is 5.74. The third-order valence-corrected chi connectivity index (χ3v) is 3.85. The van der Waals surface area contributed by atoms with Gasteiger partial charge in [0.15, 0.2) is 4.34 Å². The minimum Gasteiger partial charge on any atom is -0.316 e. The molecular formula is C7H13N3S2. The van der Waals surface area contributed by atoms with E-state index in [2.05, 4.69) is 28.5 Å². The molecule has 3 nitrogen and oxygen atoms in total. The molecule has 0 fully saturated rings. The minimum atomic E-state index is 0.499. The maximum absolute atomic E-state index is 4.12. The largest absolute Gasteiger partial charge is 0.316 e. The van der Waals surface area contributed by atoms with E-state index < -0.39 is 0 Å². The highest BCUT2D eigenvalue weighted by Crippen LogP contribution is 2.25. The van der Waals surface area contributed by atoms with Crippen molar-refractivity contribution in [1.29, 1.82) is 0 Å². The van der Waals surface area contributed by atoms with E-state index >= 15 is 0 Å². The lowest BCUT2D eigenvalue weighted by molar-refractivity contribution is 0.605. The van der Waals surface area contributed by atoms with E-state index in [-0.39, 0.29) is 0 Å². The molecule has 2 atom stereocenters. The lowest BCUT2D eigenvalue weighted by Gasteiger charge is -2.16. The predicted octanol–water partition coefficient (Wildman–Crippen LogP) is 1.63. The first kappa shape index (κ1) is 9.95. The maximum atomic E-state index is 4.12. The molecule has 1 rings (SSSR count). The summed E-state index contributed by atoms with van der Waals surface area (Å²) in [5, 5.41) is 3.74. The molecule has 68 valence electrons. The van der Waals surface area contributed by atoms with Gasteiger partial charge in [-0.05, 0) is 25.5 Å². The minimum absolute atomic E-state index is 0.499. The fourth-order valence-corrected chi connectivity index (χ4v) is 2.51. The normalized spacial score (nSPS) is 15.9. The van der Waals surface area contributed by atoms with Gasteiger partial charge < -0.3 is 5.32 Å². The molecule has 0 aliphatic heterocycles. The van der Waals surface area contributed by atoms with E-state index in [4.69, 9.17) is 0 Å². The van der Waals surface area contributed by atoms with Gasteiger partial charge in [-0.2, -0.15) is 4.37 Å². The predicted molar refractivity (Wildman–Crippen MR) is 53.7 cm³/mol. The second kappa shape index (κ2) is 4.79. The Hall–Kier alpha value is -0.130. The van der Waals surface area contributed by atoms with Gasteiger partial charge in [0.05, 0.1) is 0 Å². The van der Waals surface area contributed by atoms with Gasteiger partial charge >= 0.3 is 0 Å². The van der Waals surface area contributed by atoms with E-state index in [0.29, 0.717) is 11.3 Å². The van der Waals surface area contributed by atoms with Crippen LogP contribution in [0.15, 0.2) is 10.7 Å². The van der Waals surface area contributed by atoms with Gasteiger partial charge in [-0.3, -0.25) is 0 Å². The molecule has 1 aromatic heterocycles. The third-order valence-electron chi connectivity index (χ3n) is 1.79. The Kier molecular flexibility index (Phi) is 3.97. The summed E-state index contributed by atoms with van der Waals surface area (Å²) in [5.41, 5.74) is 0. The molecule has 0 saturated carbocycles. The van der Waals surface area contributed by atoms with Crippen molar-refractivity contribution >= 4 is 23.3 Å². The Morgan fingerprint density at radius 2 is 2.33 bits per heavy atom. The number of hydrogen-bond acceptors (Lipinski definition) is 5. The van der Waals surface area contributed by atoms with Crippen LogP contribution >= 0.6 is 23.3 Å². The second-order valence-corrected chi connectivity index (χ2v) is 5.01. The molecule has 2 unspecified atom stereocenters. The Bertz CT molecular complexity index is 212. The summed E-state index contributed by atoms with van der Waals surface area (Å²) < 4.78 is 5.00. The summed E-state index contributed by atoms with van der Waals surface area (Å²) in [4.78, 5) is 4.12. The Labute approximate surface area is 81.1 Å². The van der Waals surface area contributed by atoms with Crippen LogP contribution in [0.25, 0.3) is 0 Å². The topological polar surface area (TPSA) is 37.8 Å². The van der Waals surface area contributed by atoms with Gasteiger partial charge in [0.2, 0.25) is 0 Å². The monoisotopic (exact) mass is 203 g/mol. The molecule has 0 aliphatic rings. The van der Waals surface area contributed by atoms with Crippen molar-refractivity contribution in [3.63, 3.8) is 0 Å². The fourth-order valence-electron chi connectivity index (χ4n) is 0.711. The Balaban J connectivity index is 2.41. The van der Waals surface area contributed by atoms with Crippen molar-refractivity contribution in [2.45, 2.75) is 29.5 Å². The number of aromatic nitrogens is 2. The van der Waals surface area contributed by atoms with Crippen molar-refractivity contribution in [2.75, 3.05) is 7.05 Å². The standard InChI is InChI=1S/C7H13N3S2/c1-5(8-3)6(2)11-7-9-4-10-12-7/h4-6,8H,1-3H3. The number of thioether (sulfide) groups is 1. The van der Waals surface area contributed by atoms with Crippen LogP contribution in [0.3, 0.4) is 0 Å². The number of hydrogen-bond donors (Lipinski definition) is 1. The van der Waals surface area contributed by atoms with Crippen LogP contribution in [-0.2, 0) is 0 Å². The molecule has 1 heterocycles. The molecule has 0 saturated heterocycles. The van der Waals surface area contributed by atoms with Crippen molar-refractivity contribution in [3.8, 4) is 0 Å². The molecule has 12 heavy (non-hydrogen) atoms. The molecule has 0 amide bonds. The zero-order chi connectivity index (χ0) is 8.97. The summed E-state index contributed by atoms with van der Waals surface area (Å²) >= 11 is 3.22. The number of nitrogens with one attached hydrogen (secondary N) is 1. The molecule has 0 spiro atoms. The highest BCUT2D eigenvalue weighted by Gasteiger charge is 2.12. The average molecular weight is 203 g/mol. The average Bonchev–Trinajstić information content (AvgIpc) is 2.55. The van der Waals surface area contributed by atoms with Gasteiger partial charge in [-0.1, -0.05) is 18.7 Å². The lowest BCUT2D eigenvalue weighted by atomic mass is 10.3. The van der Waals surface area contributed by atoms with E-state index in [9.17, 15) is 0 Å². The summed E-state index contributed by atoms with van der Waals surface area (Å²) in [7, 11) is 1.97. The first-order valence-electron chi connectivity index (χ1n) is 3.84. The Morgan fingerprint density at radius 1 is 1.58 bits per heavy atom. The molecule has 0 bridgehead atoms. The molecule has 0 aliphatic carbocycles. The van der Waals surface area contributed by atoms with Gasteiger partial charge in [0, 0.05) is 11.3 Å². The summed E-state index contributed by atoms with van der Waals surface area (Å²) in [6, 6.07) is 0.499. The highest BCUT2D eigenvalue weighted by molar-refractivity contribution is 8.01. The van der Waals surface area contributed by atoms with E-state index in [0.717, 1.165) is 4.34 Å². The molecule has 0 radical (unpaired) electrons. The molecule has 5 heteroatoms. The van der Waals surface area contributed by atoms with Crippen LogP contribution in [0, 0.1) is 0 Å². The SMILES string of the molecule is CNC(C)C(C)Sc1ncns1. The second-order valence-electron chi connectivity index (χ2n) is 2.61.